The molecule has 0 spiro atoms. The SMILES string of the molecule is CC(C)(CC(=O)O)c1ccoc1. The van der Waals surface area contributed by atoms with E-state index >= 15 is 0 Å². The Morgan fingerprint density at radius 1 is 1.67 bits per heavy atom. The average Bonchev–Trinajstić information content (AvgIpc) is 2.32. The monoisotopic (exact) mass is 168 g/mol. The summed E-state index contributed by atoms with van der Waals surface area (Å²) in [6.07, 6.45) is 3.26. The molecule has 66 valence electrons. The van der Waals surface area contributed by atoms with Crippen molar-refractivity contribution >= 4 is 5.97 Å². The summed E-state index contributed by atoms with van der Waals surface area (Å²) in [7, 11) is 0. The fourth-order valence-electron chi connectivity index (χ4n) is 1.13. The molecular formula is C9H12O3. The zero-order valence-electron chi connectivity index (χ0n) is 7.20. The molecule has 0 aliphatic rings. The van der Waals surface area contributed by atoms with Crippen molar-refractivity contribution in [3.63, 3.8) is 0 Å². The predicted molar refractivity (Wildman–Crippen MR) is 44.0 cm³/mol. The van der Waals surface area contributed by atoms with E-state index in [4.69, 9.17) is 9.52 Å². The summed E-state index contributed by atoms with van der Waals surface area (Å²) in [6.45, 7) is 3.76. The van der Waals surface area contributed by atoms with E-state index < -0.39 is 5.97 Å². The lowest BCUT2D eigenvalue weighted by Gasteiger charge is -2.19. The van der Waals surface area contributed by atoms with Crippen LogP contribution >= 0.6 is 0 Å². The first-order chi connectivity index (χ1) is 5.52. The molecule has 0 aromatic carbocycles. The van der Waals surface area contributed by atoms with Gasteiger partial charge in [-0.15, -0.1) is 0 Å². The van der Waals surface area contributed by atoms with Gasteiger partial charge in [-0.2, -0.15) is 0 Å². The summed E-state index contributed by atoms with van der Waals surface area (Å²) in [5.41, 5.74) is 0.573. The van der Waals surface area contributed by atoms with Crippen molar-refractivity contribution < 1.29 is 14.3 Å². The standard InChI is InChI=1S/C9H12O3/c1-9(2,5-8(10)11)7-3-4-12-6-7/h3-4,6H,5H2,1-2H3,(H,10,11). The number of carbonyl (C=O) groups is 1. The number of hydrogen-bond acceptors (Lipinski definition) is 2. The number of carboxylic acids is 1. The number of carboxylic acid groups (broad SMARTS) is 1. The smallest absolute Gasteiger partial charge is 0.304 e. The molecule has 0 amide bonds. The van der Waals surface area contributed by atoms with E-state index in [1.54, 1.807) is 18.6 Å². The number of rotatable bonds is 3. The van der Waals surface area contributed by atoms with E-state index in [-0.39, 0.29) is 11.8 Å². The lowest BCUT2D eigenvalue weighted by atomic mass is 9.83. The van der Waals surface area contributed by atoms with Crippen molar-refractivity contribution in [3.8, 4) is 0 Å². The highest BCUT2D eigenvalue weighted by atomic mass is 16.4. The van der Waals surface area contributed by atoms with Gasteiger partial charge in [0.25, 0.3) is 0 Å². The topological polar surface area (TPSA) is 50.4 Å². The maximum atomic E-state index is 10.5. The Hall–Kier alpha value is -1.25. The first-order valence-electron chi connectivity index (χ1n) is 3.77. The van der Waals surface area contributed by atoms with Crippen molar-refractivity contribution in [2.24, 2.45) is 0 Å². The molecule has 12 heavy (non-hydrogen) atoms. The van der Waals surface area contributed by atoms with Gasteiger partial charge in [0.15, 0.2) is 0 Å². The van der Waals surface area contributed by atoms with Gasteiger partial charge in [-0.3, -0.25) is 4.79 Å². The van der Waals surface area contributed by atoms with E-state index in [1.165, 1.54) is 0 Å². The van der Waals surface area contributed by atoms with Crippen LogP contribution in [0.5, 0.6) is 0 Å². The lowest BCUT2D eigenvalue weighted by Crippen LogP contribution is -2.20. The highest BCUT2D eigenvalue weighted by Gasteiger charge is 2.24. The second kappa shape index (κ2) is 3.01. The van der Waals surface area contributed by atoms with Crippen molar-refractivity contribution in [2.45, 2.75) is 25.7 Å². The maximum absolute atomic E-state index is 10.5. The third-order valence-electron chi connectivity index (χ3n) is 1.90. The van der Waals surface area contributed by atoms with Gasteiger partial charge in [0.1, 0.15) is 0 Å². The third kappa shape index (κ3) is 1.87. The van der Waals surface area contributed by atoms with Gasteiger partial charge in [-0.25, -0.2) is 0 Å². The Kier molecular flexibility index (Phi) is 2.22. The largest absolute Gasteiger partial charge is 0.481 e. The van der Waals surface area contributed by atoms with Crippen LogP contribution in [0.25, 0.3) is 0 Å². The quantitative estimate of drug-likeness (QED) is 0.751. The van der Waals surface area contributed by atoms with Crippen LogP contribution in [0, 0.1) is 0 Å². The molecule has 0 atom stereocenters. The molecule has 0 radical (unpaired) electrons. The van der Waals surface area contributed by atoms with Gasteiger partial charge in [0, 0.05) is 5.41 Å². The molecule has 1 aromatic rings. The zero-order chi connectivity index (χ0) is 9.19. The average molecular weight is 168 g/mol. The zero-order valence-corrected chi connectivity index (χ0v) is 7.20. The molecule has 1 heterocycles. The molecule has 0 bridgehead atoms. The van der Waals surface area contributed by atoms with Gasteiger partial charge in [-0.1, -0.05) is 13.8 Å². The van der Waals surface area contributed by atoms with E-state index in [0.717, 1.165) is 5.56 Å². The summed E-state index contributed by atoms with van der Waals surface area (Å²) in [5.74, 6) is -0.791. The van der Waals surface area contributed by atoms with Crippen LogP contribution in [0.1, 0.15) is 25.8 Å². The minimum absolute atomic E-state index is 0.118. The summed E-state index contributed by atoms with van der Waals surface area (Å²) in [5, 5.41) is 8.62. The molecule has 3 heteroatoms. The van der Waals surface area contributed by atoms with Gasteiger partial charge < -0.3 is 9.52 Å². The summed E-state index contributed by atoms with van der Waals surface area (Å²) in [6, 6.07) is 1.79. The summed E-state index contributed by atoms with van der Waals surface area (Å²) >= 11 is 0. The van der Waals surface area contributed by atoms with Gasteiger partial charge in [0.05, 0.1) is 18.9 Å². The second-order valence-corrected chi connectivity index (χ2v) is 3.47. The van der Waals surface area contributed by atoms with Crippen LogP contribution in [0.3, 0.4) is 0 Å². The van der Waals surface area contributed by atoms with Crippen LogP contribution < -0.4 is 0 Å². The van der Waals surface area contributed by atoms with Crippen molar-refractivity contribution in [3.05, 3.63) is 24.2 Å². The van der Waals surface area contributed by atoms with Gasteiger partial charge in [0.2, 0.25) is 0 Å². The summed E-state index contributed by atoms with van der Waals surface area (Å²) < 4.78 is 4.89. The molecule has 0 aliphatic carbocycles. The molecule has 1 N–H and O–H groups in total. The molecule has 0 unspecified atom stereocenters. The number of hydrogen-bond donors (Lipinski definition) is 1. The Morgan fingerprint density at radius 2 is 2.33 bits per heavy atom. The van der Waals surface area contributed by atoms with Crippen LogP contribution in [0.15, 0.2) is 23.0 Å². The molecule has 0 aliphatic heterocycles. The summed E-state index contributed by atoms with van der Waals surface area (Å²) in [4.78, 5) is 10.5. The fraction of sp³-hybridized carbons (Fsp3) is 0.444. The molecule has 0 saturated carbocycles. The Morgan fingerprint density at radius 3 is 2.75 bits per heavy atom. The maximum Gasteiger partial charge on any atom is 0.304 e. The van der Waals surface area contributed by atoms with E-state index in [2.05, 4.69) is 0 Å². The Bertz CT molecular complexity index is 259. The highest BCUT2D eigenvalue weighted by molar-refractivity contribution is 5.68. The molecular weight excluding hydrogens is 156 g/mol. The number of furan rings is 1. The minimum Gasteiger partial charge on any atom is -0.481 e. The molecule has 3 nitrogen and oxygen atoms in total. The molecule has 1 rings (SSSR count). The normalized spacial score (nSPS) is 11.5. The van der Waals surface area contributed by atoms with Gasteiger partial charge in [-0.05, 0) is 11.6 Å². The number of aliphatic carboxylic acids is 1. The second-order valence-electron chi connectivity index (χ2n) is 3.47. The van der Waals surface area contributed by atoms with Crippen LogP contribution in [0.4, 0.5) is 0 Å². The van der Waals surface area contributed by atoms with Crippen LogP contribution in [-0.2, 0) is 10.2 Å². The van der Waals surface area contributed by atoms with Crippen LogP contribution in [0.2, 0.25) is 0 Å². The van der Waals surface area contributed by atoms with Gasteiger partial charge >= 0.3 is 5.97 Å². The van der Waals surface area contributed by atoms with Crippen molar-refractivity contribution in [1.82, 2.24) is 0 Å². The molecule has 0 fully saturated rings. The van der Waals surface area contributed by atoms with Crippen molar-refractivity contribution in [1.29, 1.82) is 0 Å². The lowest BCUT2D eigenvalue weighted by molar-refractivity contribution is -0.138. The Labute approximate surface area is 71.0 Å². The highest BCUT2D eigenvalue weighted by Crippen LogP contribution is 2.26. The molecule has 0 saturated heterocycles. The Balaban J connectivity index is 2.79. The van der Waals surface area contributed by atoms with E-state index in [9.17, 15) is 4.79 Å². The first kappa shape index (κ1) is 8.84. The van der Waals surface area contributed by atoms with E-state index in [1.807, 2.05) is 13.8 Å². The minimum atomic E-state index is -0.791. The molecule has 1 aromatic heterocycles. The third-order valence-corrected chi connectivity index (χ3v) is 1.90. The first-order valence-corrected chi connectivity index (χ1v) is 3.77. The van der Waals surface area contributed by atoms with E-state index in [0.29, 0.717) is 0 Å². The predicted octanol–water partition coefficient (Wildman–Crippen LogP) is 2.03. The van der Waals surface area contributed by atoms with Crippen LogP contribution in [-0.4, -0.2) is 11.1 Å². The van der Waals surface area contributed by atoms with Crippen molar-refractivity contribution in [2.75, 3.05) is 0 Å². The fourth-order valence-corrected chi connectivity index (χ4v) is 1.13.